The number of halogens is 3. The Morgan fingerprint density at radius 3 is 2.85 bits per heavy atom. The molecule has 0 saturated carbocycles. The lowest BCUT2D eigenvalue weighted by Crippen LogP contribution is -2.02. The van der Waals surface area contributed by atoms with Crippen LogP contribution in [-0.4, -0.2) is 30.1 Å². The number of alkyl halides is 3. The summed E-state index contributed by atoms with van der Waals surface area (Å²) in [4.78, 5) is 7.44. The summed E-state index contributed by atoms with van der Waals surface area (Å²) in [5, 5.41) is 10.0. The van der Waals surface area contributed by atoms with Gasteiger partial charge in [-0.3, -0.25) is 0 Å². The van der Waals surface area contributed by atoms with E-state index < -0.39 is 11.2 Å². The van der Waals surface area contributed by atoms with E-state index in [-0.39, 0.29) is 23.1 Å². The zero-order chi connectivity index (χ0) is 14.2. The summed E-state index contributed by atoms with van der Waals surface area (Å²) in [5.41, 5.74) is 0. The normalized spacial score (nSPS) is 11.9. The highest BCUT2D eigenvalue weighted by Gasteiger charge is 2.35. The van der Waals surface area contributed by atoms with Gasteiger partial charge in [-0.15, -0.1) is 16.4 Å². The van der Waals surface area contributed by atoms with Gasteiger partial charge >= 0.3 is 6.18 Å². The second-order valence-corrected chi connectivity index (χ2v) is 4.67. The van der Waals surface area contributed by atoms with Crippen LogP contribution in [0.25, 0.3) is 10.8 Å². The summed E-state index contributed by atoms with van der Waals surface area (Å²) >= 11 is 0.447. The minimum atomic E-state index is -4.48. The van der Waals surface area contributed by atoms with Crippen molar-refractivity contribution in [1.82, 2.24) is 30.1 Å². The van der Waals surface area contributed by atoms with Crippen molar-refractivity contribution in [3.8, 4) is 10.8 Å². The van der Waals surface area contributed by atoms with Crippen molar-refractivity contribution in [3.05, 3.63) is 29.4 Å². The van der Waals surface area contributed by atoms with Crippen LogP contribution in [0.2, 0.25) is 0 Å². The topological polar surface area (TPSA) is 82.5 Å². The molecule has 3 aromatic rings. The molecular formula is C9H5F3N6OS. The standard InChI is InChI=1S/C9H5F3N6OS/c10-9(11,12)8-13-3-5(20-8)7-15-6(16-19-7)4-18-2-1-14-17-18/h1-3H,4H2. The first kappa shape index (κ1) is 12.7. The quantitative estimate of drug-likeness (QED) is 0.734. The maximum Gasteiger partial charge on any atom is 0.443 e. The van der Waals surface area contributed by atoms with E-state index in [4.69, 9.17) is 4.52 Å². The zero-order valence-corrected chi connectivity index (χ0v) is 10.4. The van der Waals surface area contributed by atoms with Gasteiger partial charge in [0.05, 0.1) is 12.4 Å². The van der Waals surface area contributed by atoms with Gasteiger partial charge in [0.2, 0.25) is 0 Å². The molecule has 3 rings (SSSR count). The van der Waals surface area contributed by atoms with Crippen LogP contribution in [0.3, 0.4) is 0 Å². The number of hydrogen-bond donors (Lipinski definition) is 0. The molecule has 11 heteroatoms. The van der Waals surface area contributed by atoms with E-state index in [1.54, 1.807) is 6.20 Å². The number of aromatic nitrogens is 6. The Hall–Kier alpha value is -2.30. The Balaban J connectivity index is 1.81. The average Bonchev–Trinajstić information content (AvgIpc) is 3.08. The van der Waals surface area contributed by atoms with Crippen LogP contribution in [0.4, 0.5) is 13.2 Å². The highest BCUT2D eigenvalue weighted by molar-refractivity contribution is 7.15. The van der Waals surface area contributed by atoms with Crippen molar-refractivity contribution in [2.45, 2.75) is 12.7 Å². The van der Waals surface area contributed by atoms with Crippen LogP contribution in [0.1, 0.15) is 10.8 Å². The van der Waals surface area contributed by atoms with Gasteiger partial charge in [-0.25, -0.2) is 9.67 Å². The molecule has 0 unspecified atom stereocenters. The van der Waals surface area contributed by atoms with E-state index in [9.17, 15) is 13.2 Å². The minimum Gasteiger partial charge on any atom is -0.333 e. The minimum absolute atomic E-state index is 0.00637. The lowest BCUT2D eigenvalue weighted by Gasteiger charge is -1.98. The number of nitrogens with zero attached hydrogens (tertiary/aromatic N) is 6. The predicted molar refractivity (Wildman–Crippen MR) is 59.5 cm³/mol. The van der Waals surface area contributed by atoms with Crippen molar-refractivity contribution in [1.29, 1.82) is 0 Å². The maximum absolute atomic E-state index is 12.4. The molecule has 0 N–H and O–H groups in total. The molecule has 3 aromatic heterocycles. The average molecular weight is 302 g/mol. The zero-order valence-electron chi connectivity index (χ0n) is 9.57. The molecule has 0 bridgehead atoms. The molecule has 0 radical (unpaired) electrons. The van der Waals surface area contributed by atoms with Crippen LogP contribution < -0.4 is 0 Å². The van der Waals surface area contributed by atoms with E-state index in [1.807, 2.05) is 0 Å². The lowest BCUT2D eigenvalue weighted by molar-refractivity contribution is -0.137. The molecule has 20 heavy (non-hydrogen) atoms. The van der Waals surface area contributed by atoms with Gasteiger partial charge in [0, 0.05) is 6.20 Å². The molecule has 0 fully saturated rings. The van der Waals surface area contributed by atoms with Crippen LogP contribution in [-0.2, 0) is 12.7 Å². The smallest absolute Gasteiger partial charge is 0.333 e. The van der Waals surface area contributed by atoms with Gasteiger partial charge < -0.3 is 4.52 Å². The Morgan fingerprint density at radius 2 is 2.20 bits per heavy atom. The second-order valence-electron chi connectivity index (χ2n) is 3.64. The molecule has 0 spiro atoms. The first-order chi connectivity index (χ1) is 9.52. The summed E-state index contributed by atoms with van der Waals surface area (Å²) in [6, 6.07) is 0. The van der Waals surface area contributed by atoms with Crippen molar-refractivity contribution in [2.24, 2.45) is 0 Å². The molecule has 0 aromatic carbocycles. The molecule has 0 aliphatic heterocycles. The number of hydrogen-bond acceptors (Lipinski definition) is 7. The van der Waals surface area contributed by atoms with Gasteiger partial charge in [-0.2, -0.15) is 18.2 Å². The summed E-state index contributed by atoms with van der Waals surface area (Å²) < 4.78 is 43.7. The highest BCUT2D eigenvalue weighted by Crippen LogP contribution is 2.35. The number of rotatable bonds is 3. The van der Waals surface area contributed by atoms with Gasteiger partial charge in [-0.1, -0.05) is 10.4 Å². The molecular weight excluding hydrogens is 297 g/mol. The summed E-state index contributed by atoms with van der Waals surface area (Å²) in [6.45, 7) is 0.217. The third-order valence-corrected chi connectivity index (χ3v) is 3.23. The first-order valence-corrected chi connectivity index (χ1v) is 6.04. The third kappa shape index (κ3) is 2.52. The largest absolute Gasteiger partial charge is 0.443 e. The fourth-order valence-electron chi connectivity index (χ4n) is 1.38. The van der Waals surface area contributed by atoms with E-state index >= 15 is 0 Å². The Morgan fingerprint density at radius 1 is 1.35 bits per heavy atom. The molecule has 3 heterocycles. The fraction of sp³-hybridized carbons (Fsp3) is 0.222. The van der Waals surface area contributed by atoms with Crippen LogP contribution >= 0.6 is 11.3 Å². The Bertz CT molecular complexity index is 703. The predicted octanol–water partition coefficient (Wildman–Crippen LogP) is 1.85. The lowest BCUT2D eigenvalue weighted by atomic mass is 10.5. The van der Waals surface area contributed by atoms with Crippen molar-refractivity contribution < 1.29 is 17.7 Å². The maximum atomic E-state index is 12.4. The molecule has 0 aliphatic rings. The van der Waals surface area contributed by atoms with E-state index in [1.165, 1.54) is 10.9 Å². The monoisotopic (exact) mass is 302 g/mol. The van der Waals surface area contributed by atoms with Crippen LogP contribution in [0.15, 0.2) is 23.1 Å². The molecule has 0 atom stereocenters. The summed E-state index contributed by atoms with van der Waals surface area (Å²) in [6.07, 6.45) is -0.336. The van der Waals surface area contributed by atoms with Crippen LogP contribution in [0.5, 0.6) is 0 Å². The van der Waals surface area contributed by atoms with Crippen molar-refractivity contribution in [3.63, 3.8) is 0 Å². The third-order valence-electron chi connectivity index (χ3n) is 2.20. The second kappa shape index (κ2) is 4.67. The van der Waals surface area contributed by atoms with Gasteiger partial charge in [0.15, 0.2) is 10.8 Å². The van der Waals surface area contributed by atoms with Crippen LogP contribution in [0, 0.1) is 0 Å². The fourth-order valence-corrected chi connectivity index (χ4v) is 2.09. The Kier molecular flexibility index (Phi) is 2.97. The summed E-state index contributed by atoms with van der Waals surface area (Å²) in [5.74, 6) is 0.278. The van der Waals surface area contributed by atoms with Gasteiger partial charge in [0.1, 0.15) is 11.4 Å². The molecule has 0 aliphatic carbocycles. The number of thiazole rings is 1. The first-order valence-electron chi connectivity index (χ1n) is 5.22. The highest BCUT2D eigenvalue weighted by atomic mass is 32.1. The van der Waals surface area contributed by atoms with E-state index in [2.05, 4.69) is 25.4 Å². The van der Waals surface area contributed by atoms with E-state index in [0.717, 1.165) is 6.20 Å². The van der Waals surface area contributed by atoms with Crippen molar-refractivity contribution >= 4 is 11.3 Å². The SMILES string of the molecule is FC(F)(F)c1ncc(-c2nc(Cn3ccnn3)no2)s1. The Labute approximate surface area is 113 Å². The van der Waals surface area contributed by atoms with Gasteiger partial charge in [-0.05, 0) is 0 Å². The summed E-state index contributed by atoms with van der Waals surface area (Å²) in [7, 11) is 0. The molecule has 104 valence electrons. The molecule has 0 saturated heterocycles. The van der Waals surface area contributed by atoms with Gasteiger partial charge in [0.25, 0.3) is 5.89 Å². The molecule has 7 nitrogen and oxygen atoms in total. The molecule has 0 amide bonds. The van der Waals surface area contributed by atoms with Crippen molar-refractivity contribution in [2.75, 3.05) is 0 Å². The van der Waals surface area contributed by atoms with E-state index in [0.29, 0.717) is 11.3 Å².